The van der Waals surface area contributed by atoms with E-state index in [4.69, 9.17) is 5.11 Å². The van der Waals surface area contributed by atoms with Crippen LogP contribution in [0.5, 0.6) is 0 Å². The normalized spacial score (nSPS) is 12.4. The lowest BCUT2D eigenvalue weighted by atomic mass is 9.99. The zero-order chi connectivity index (χ0) is 12.1. The van der Waals surface area contributed by atoms with Gasteiger partial charge in [-0.05, 0) is 29.0 Å². The van der Waals surface area contributed by atoms with Crippen molar-refractivity contribution in [1.82, 2.24) is 0 Å². The summed E-state index contributed by atoms with van der Waals surface area (Å²) in [7, 11) is 0. The van der Waals surface area contributed by atoms with E-state index in [9.17, 15) is 0 Å². The van der Waals surface area contributed by atoms with Crippen molar-refractivity contribution >= 4 is 0 Å². The summed E-state index contributed by atoms with van der Waals surface area (Å²) in [5.74, 6) is 0.331. The van der Waals surface area contributed by atoms with Gasteiger partial charge in [-0.25, -0.2) is 0 Å². The molecule has 0 amide bonds. The van der Waals surface area contributed by atoms with Crippen LogP contribution >= 0.6 is 0 Å². The van der Waals surface area contributed by atoms with Gasteiger partial charge in [0.05, 0.1) is 0 Å². The van der Waals surface area contributed by atoms with Gasteiger partial charge in [0, 0.05) is 6.61 Å². The van der Waals surface area contributed by atoms with Gasteiger partial charge in [-0.2, -0.15) is 0 Å². The Morgan fingerprint density at radius 1 is 0.882 bits per heavy atom. The highest BCUT2D eigenvalue weighted by molar-refractivity contribution is 5.63. The molecular weight excluding hydrogens is 208 g/mol. The summed E-state index contributed by atoms with van der Waals surface area (Å²) < 4.78 is 0. The minimum absolute atomic E-state index is 0.250. The molecule has 0 fully saturated rings. The van der Waals surface area contributed by atoms with Crippen LogP contribution in [0.15, 0.2) is 54.6 Å². The molecule has 2 aromatic rings. The molecule has 1 atom stereocenters. The zero-order valence-electron chi connectivity index (χ0n) is 10.1. The molecule has 1 unspecified atom stereocenters. The average molecular weight is 226 g/mol. The summed E-state index contributed by atoms with van der Waals surface area (Å²) in [6, 6.07) is 19.0. The van der Waals surface area contributed by atoms with Crippen molar-refractivity contribution in [3.05, 3.63) is 60.2 Å². The molecule has 0 aliphatic heterocycles. The molecule has 88 valence electrons. The summed E-state index contributed by atoms with van der Waals surface area (Å²) in [6.07, 6.45) is 0.936. The smallest absolute Gasteiger partial charge is 0.0459 e. The Morgan fingerprint density at radius 2 is 1.47 bits per heavy atom. The van der Waals surface area contributed by atoms with Crippen molar-refractivity contribution in [3.8, 4) is 11.1 Å². The highest BCUT2D eigenvalue weighted by Crippen LogP contribution is 2.20. The molecule has 2 aromatic carbocycles. The van der Waals surface area contributed by atoms with E-state index in [1.807, 2.05) is 6.07 Å². The van der Waals surface area contributed by atoms with Crippen LogP contribution in [0, 0.1) is 5.92 Å². The lowest BCUT2D eigenvalue weighted by Crippen LogP contribution is -2.04. The highest BCUT2D eigenvalue weighted by atomic mass is 16.3. The molecule has 0 saturated heterocycles. The predicted octanol–water partition coefficient (Wildman–Crippen LogP) is 3.52. The molecular formula is C16H18O. The van der Waals surface area contributed by atoms with E-state index in [-0.39, 0.29) is 6.61 Å². The van der Waals surface area contributed by atoms with E-state index >= 15 is 0 Å². The Labute approximate surface area is 103 Å². The summed E-state index contributed by atoms with van der Waals surface area (Å²) in [4.78, 5) is 0. The largest absolute Gasteiger partial charge is 0.396 e. The molecule has 0 aliphatic rings. The van der Waals surface area contributed by atoms with E-state index in [1.165, 1.54) is 16.7 Å². The first-order chi connectivity index (χ1) is 8.29. The minimum Gasteiger partial charge on any atom is -0.396 e. The van der Waals surface area contributed by atoms with E-state index in [0.717, 1.165) is 6.42 Å². The Morgan fingerprint density at radius 3 is 2.06 bits per heavy atom. The Hall–Kier alpha value is -1.60. The second-order valence-corrected chi connectivity index (χ2v) is 4.55. The lowest BCUT2D eigenvalue weighted by Gasteiger charge is -2.08. The van der Waals surface area contributed by atoms with Crippen molar-refractivity contribution in [2.75, 3.05) is 6.61 Å². The maximum atomic E-state index is 9.03. The fraction of sp³-hybridized carbons (Fsp3) is 0.250. The predicted molar refractivity (Wildman–Crippen MR) is 71.8 cm³/mol. The zero-order valence-corrected chi connectivity index (χ0v) is 10.1. The van der Waals surface area contributed by atoms with Crippen molar-refractivity contribution in [1.29, 1.82) is 0 Å². The minimum atomic E-state index is 0.250. The molecule has 0 saturated carbocycles. The van der Waals surface area contributed by atoms with Crippen LogP contribution in [0.4, 0.5) is 0 Å². The van der Waals surface area contributed by atoms with Gasteiger partial charge < -0.3 is 5.11 Å². The van der Waals surface area contributed by atoms with Crippen LogP contribution in [0.2, 0.25) is 0 Å². The Balaban J connectivity index is 2.13. The highest BCUT2D eigenvalue weighted by Gasteiger charge is 2.02. The number of benzene rings is 2. The molecule has 0 aliphatic carbocycles. The second-order valence-electron chi connectivity index (χ2n) is 4.55. The molecule has 0 bridgehead atoms. The molecule has 17 heavy (non-hydrogen) atoms. The van der Waals surface area contributed by atoms with Gasteiger partial charge in [0.15, 0.2) is 0 Å². The fourth-order valence-electron chi connectivity index (χ4n) is 1.93. The number of aliphatic hydroxyl groups is 1. The van der Waals surface area contributed by atoms with Gasteiger partial charge >= 0.3 is 0 Å². The summed E-state index contributed by atoms with van der Waals surface area (Å²) in [5, 5.41) is 9.03. The molecule has 1 nitrogen and oxygen atoms in total. The van der Waals surface area contributed by atoms with Gasteiger partial charge in [-0.1, -0.05) is 61.5 Å². The van der Waals surface area contributed by atoms with Crippen LogP contribution in [0.3, 0.4) is 0 Å². The topological polar surface area (TPSA) is 20.2 Å². The van der Waals surface area contributed by atoms with Gasteiger partial charge in [0.1, 0.15) is 0 Å². The average Bonchev–Trinajstić information content (AvgIpc) is 2.40. The molecule has 2 rings (SSSR count). The third kappa shape index (κ3) is 3.18. The summed E-state index contributed by atoms with van der Waals surface area (Å²) in [5.41, 5.74) is 3.77. The van der Waals surface area contributed by atoms with Gasteiger partial charge in [0.25, 0.3) is 0 Å². The molecule has 0 aromatic heterocycles. The van der Waals surface area contributed by atoms with Crippen LogP contribution in [0.25, 0.3) is 11.1 Å². The van der Waals surface area contributed by atoms with Crippen LogP contribution < -0.4 is 0 Å². The van der Waals surface area contributed by atoms with Crippen LogP contribution in [-0.2, 0) is 6.42 Å². The summed E-state index contributed by atoms with van der Waals surface area (Å²) in [6.45, 7) is 2.31. The second kappa shape index (κ2) is 5.65. The first-order valence-corrected chi connectivity index (χ1v) is 6.05. The van der Waals surface area contributed by atoms with E-state index in [0.29, 0.717) is 5.92 Å². The first kappa shape index (κ1) is 11.9. The van der Waals surface area contributed by atoms with Gasteiger partial charge in [0.2, 0.25) is 0 Å². The van der Waals surface area contributed by atoms with Crippen molar-refractivity contribution in [2.24, 2.45) is 5.92 Å². The first-order valence-electron chi connectivity index (χ1n) is 6.05. The van der Waals surface area contributed by atoms with E-state index in [1.54, 1.807) is 0 Å². The number of rotatable bonds is 4. The van der Waals surface area contributed by atoms with Gasteiger partial charge in [-0.3, -0.25) is 0 Å². The van der Waals surface area contributed by atoms with Crippen molar-refractivity contribution in [2.45, 2.75) is 13.3 Å². The number of aliphatic hydroxyl groups excluding tert-OH is 1. The third-order valence-corrected chi connectivity index (χ3v) is 2.96. The quantitative estimate of drug-likeness (QED) is 0.845. The maximum Gasteiger partial charge on any atom is 0.0459 e. The SMILES string of the molecule is CC(CO)Cc1ccc(-c2ccccc2)cc1. The molecule has 0 heterocycles. The fourth-order valence-corrected chi connectivity index (χ4v) is 1.93. The maximum absolute atomic E-state index is 9.03. The molecule has 0 spiro atoms. The molecule has 1 N–H and O–H groups in total. The van der Waals surface area contributed by atoms with Crippen LogP contribution in [0.1, 0.15) is 12.5 Å². The monoisotopic (exact) mass is 226 g/mol. The standard InChI is InChI=1S/C16H18O/c1-13(12-17)11-14-7-9-16(10-8-14)15-5-3-2-4-6-15/h2-10,13,17H,11-12H2,1H3. The van der Waals surface area contributed by atoms with Crippen LogP contribution in [-0.4, -0.2) is 11.7 Å². The third-order valence-electron chi connectivity index (χ3n) is 2.96. The van der Waals surface area contributed by atoms with Crippen molar-refractivity contribution in [3.63, 3.8) is 0 Å². The molecule has 0 radical (unpaired) electrons. The number of hydrogen-bond acceptors (Lipinski definition) is 1. The van der Waals surface area contributed by atoms with Gasteiger partial charge in [-0.15, -0.1) is 0 Å². The number of hydrogen-bond donors (Lipinski definition) is 1. The van der Waals surface area contributed by atoms with E-state index in [2.05, 4.69) is 55.5 Å². The molecule has 1 heteroatoms. The van der Waals surface area contributed by atoms with E-state index < -0.39 is 0 Å². The van der Waals surface area contributed by atoms with Crippen molar-refractivity contribution < 1.29 is 5.11 Å². The summed E-state index contributed by atoms with van der Waals surface area (Å²) >= 11 is 0. The Kier molecular flexibility index (Phi) is 3.94. The lowest BCUT2D eigenvalue weighted by molar-refractivity contribution is 0.237. The Bertz CT molecular complexity index is 445.